The Labute approximate surface area is 229 Å². The number of aliphatic hydroxyl groups is 1. The van der Waals surface area contributed by atoms with Gasteiger partial charge in [-0.25, -0.2) is 8.91 Å². The molecule has 0 saturated heterocycles. The molecular weight excluding hydrogens is 513 g/mol. The Morgan fingerprint density at radius 2 is 2.05 bits per heavy atom. The minimum Gasteiger partial charge on any atom is -0.385 e. The van der Waals surface area contributed by atoms with Gasteiger partial charge in [-0.15, -0.1) is 0 Å². The third kappa shape index (κ3) is 4.85. The van der Waals surface area contributed by atoms with E-state index in [2.05, 4.69) is 26.0 Å². The number of anilines is 2. The predicted molar refractivity (Wildman–Crippen MR) is 146 cm³/mol. The molecule has 40 heavy (non-hydrogen) atoms. The molecule has 1 aliphatic heterocycles. The first-order chi connectivity index (χ1) is 19.0. The van der Waals surface area contributed by atoms with Gasteiger partial charge in [-0.3, -0.25) is 14.6 Å². The van der Waals surface area contributed by atoms with Crippen LogP contribution in [0.4, 0.5) is 15.8 Å². The van der Waals surface area contributed by atoms with Gasteiger partial charge >= 0.3 is 0 Å². The molecule has 3 aromatic heterocycles. The lowest BCUT2D eigenvalue weighted by atomic mass is 9.86. The van der Waals surface area contributed by atoms with Crippen molar-refractivity contribution in [3.05, 3.63) is 89.5 Å². The Hall–Kier alpha value is -4.82. The van der Waals surface area contributed by atoms with Crippen molar-refractivity contribution in [2.24, 2.45) is 0 Å². The number of carbonyl (C=O) groups excluding carboxylic acids is 2. The van der Waals surface area contributed by atoms with Crippen molar-refractivity contribution in [3.63, 3.8) is 0 Å². The lowest BCUT2D eigenvalue weighted by Gasteiger charge is -2.33. The highest BCUT2D eigenvalue weighted by Crippen LogP contribution is 2.39. The van der Waals surface area contributed by atoms with E-state index in [1.54, 1.807) is 48.5 Å². The van der Waals surface area contributed by atoms with Crippen LogP contribution in [0.25, 0.3) is 5.52 Å². The molecule has 1 aliphatic rings. The second-order valence-corrected chi connectivity index (χ2v) is 10.6. The van der Waals surface area contributed by atoms with Crippen LogP contribution in [0.2, 0.25) is 0 Å². The molecule has 0 radical (unpaired) electrons. The van der Waals surface area contributed by atoms with Gasteiger partial charge in [0.1, 0.15) is 17.7 Å². The minimum atomic E-state index is -2.00. The van der Waals surface area contributed by atoms with E-state index in [-0.39, 0.29) is 23.7 Å². The Balaban J connectivity index is 1.43. The highest BCUT2D eigenvalue weighted by Gasteiger charge is 2.42. The highest BCUT2D eigenvalue weighted by molar-refractivity contribution is 6.06. The van der Waals surface area contributed by atoms with E-state index in [0.29, 0.717) is 22.5 Å². The van der Waals surface area contributed by atoms with Crippen LogP contribution in [0.1, 0.15) is 54.0 Å². The summed E-state index contributed by atoms with van der Waals surface area (Å²) in [6, 6.07) is 14.0. The minimum absolute atomic E-state index is 0.113. The summed E-state index contributed by atoms with van der Waals surface area (Å²) < 4.78 is 17.8. The van der Waals surface area contributed by atoms with Crippen molar-refractivity contribution in [1.82, 2.24) is 19.9 Å². The number of aromatic nitrogens is 3. The monoisotopic (exact) mass is 541 g/mol. The van der Waals surface area contributed by atoms with Gasteiger partial charge in [0.25, 0.3) is 5.91 Å². The maximum atomic E-state index is 16.4. The number of alkyl halides is 1. The van der Waals surface area contributed by atoms with Crippen molar-refractivity contribution < 1.29 is 19.1 Å². The first-order valence-electron chi connectivity index (χ1n) is 12.7. The lowest BCUT2D eigenvalue weighted by Crippen LogP contribution is -2.50. The summed E-state index contributed by atoms with van der Waals surface area (Å²) in [7, 11) is 0. The average Bonchev–Trinajstić information content (AvgIpc) is 3.47. The van der Waals surface area contributed by atoms with E-state index < -0.39 is 29.1 Å². The quantitative estimate of drug-likeness (QED) is 0.267. The summed E-state index contributed by atoms with van der Waals surface area (Å²) in [5, 5.41) is 33.4. The Kier molecular flexibility index (Phi) is 6.73. The van der Waals surface area contributed by atoms with Crippen molar-refractivity contribution in [1.29, 1.82) is 5.26 Å². The SMILES string of the molecule is CC1(C)C(=O)Nc2ccc(NC[C@@](C)(O)[C@H](F)[C@H](NC(=O)c3cccnc3)c3ccc4cc(C#N)cnn34)cc21. The van der Waals surface area contributed by atoms with Crippen LogP contribution < -0.4 is 16.0 Å². The fourth-order valence-corrected chi connectivity index (χ4v) is 4.75. The molecule has 0 fully saturated rings. The van der Waals surface area contributed by atoms with E-state index in [0.717, 1.165) is 5.56 Å². The van der Waals surface area contributed by atoms with E-state index >= 15 is 4.39 Å². The fourth-order valence-electron chi connectivity index (χ4n) is 4.75. The smallest absolute Gasteiger partial charge is 0.253 e. The number of nitrogens with one attached hydrogen (secondary N) is 3. The summed E-state index contributed by atoms with van der Waals surface area (Å²) in [6.07, 6.45) is 2.23. The molecule has 2 amide bonds. The second kappa shape index (κ2) is 10.1. The van der Waals surface area contributed by atoms with E-state index in [1.165, 1.54) is 30.0 Å². The molecule has 0 saturated carbocycles. The number of pyridine rings is 1. The third-order valence-corrected chi connectivity index (χ3v) is 7.23. The van der Waals surface area contributed by atoms with E-state index in [9.17, 15) is 20.0 Å². The zero-order valence-electron chi connectivity index (χ0n) is 22.1. The zero-order chi connectivity index (χ0) is 28.7. The van der Waals surface area contributed by atoms with Crippen LogP contribution >= 0.6 is 0 Å². The molecule has 204 valence electrons. The van der Waals surface area contributed by atoms with Crippen LogP contribution in [0.15, 0.2) is 67.1 Å². The van der Waals surface area contributed by atoms with E-state index in [4.69, 9.17) is 0 Å². The average molecular weight is 542 g/mol. The first kappa shape index (κ1) is 26.8. The maximum absolute atomic E-state index is 16.4. The molecule has 10 nitrogen and oxygen atoms in total. The highest BCUT2D eigenvalue weighted by atomic mass is 19.1. The van der Waals surface area contributed by atoms with Gasteiger partial charge in [-0.05, 0) is 74.9 Å². The van der Waals surface area contributed by atoms with Gasteiger partial charge in [-0.1, -0.05) is 0 Å². The molecule has 4 N–H and O–H groups in total. The topological polar surface area (TPSA) is 144 Å². The molecule has 1 aromatic carbocycles. The summed E-state index contributed by atoms with van der Waals surface area (Å²) in [5.41, 5.74) is 0.782. The van der Waals surface area contributed by atoms with Gasteiger partial charge in [0.15, 0.2) is 6.17 Å². The summed E-state index contributed by atoms with van der Waals surface area (Å²) in [6.45, 7) is 4.77. The number of nitrogens with zero attached hydrogens (tertiary/aromatic N) is 4. The number of amides is 2. The molecule has 5 rings (SSSR count). The Morgan fingerprint density at radius 1 is 1.25 bits per heavy atom. The molecule has 11 heteroatoms. The molecule has 0 bridgehead atoms. The van der Waals surface area contributed by atoms with Crippen molar-refractivity contribution in [3.8, 4) is 6.07 Å². The van der Waals surface area contributed by atoms with Crippen molar-refractivity contribution in [2.75, 3.05) is 17.2 Å². The molecule has 4 aromatic rings. The number of benzene rings is 1. The van der Waals surface area contributed by atoms with Crippen molar-refractivity contribution in [2.45, 2.75) is 44.0 Å². The fraction of sp³-hybridized carbons (Fsp3) is 0.276. The van der Waals surface area contributed by atoms with Crippen LogP contribution in [-0.2, 0) is 10.2 Å². The number of carbonyl (C=O) groups is 2. The van der Waals surface area contributed by atoms with E-state index in [1.807, 2.05) is 19.9 Å². The third-order valence-electron chi connectivity index (χ3n) is 7.23. The van der Waals surface area contributed by atoms with Crippen LogP contribution in [-0.4, -0.2) is 49.8 Å². The standard InChI is InChI=1S/C29H28FN7O3/c1-28(2)21-12-19(6-8-22(21)35-27(28)39)33-16-29(3,40)25(30)24(36-26(38)18-5-4-10-32-15-18)23-9-7-20-11-17(13-31)14-34-37(20)23/h4-12,14-15,24-25,33,40H,16H2,1-3H3,(H,35,39)(H,36,38)/t24-,25-,29-/m1/s1. The number of fused-ring (bicyclic) bond motifs is 2. The molecule has 0 aliphatic carbocycles. The summed E-state index contributed by atoms with van der Waals surface area (Å²) in [4.78, 5) is 29.3. The Morgan fingerprint density at radius 3 is 2.77 bits per heavy atom. The van der Waals surface area contributed by atoms with Gasteiger partial charge in [0.05, 0.1) is 33.9 Å². The van der Waals surface area contributed by atoms with Crippen molar-refractivity contribution >= 4 is 28.7 Å². The zero-order valence-corrected chi connectivity index (χ0v) is 22.1. The summed E-state index contributed by atoms with van der Waals surface area (Å²) in [5.74, 6) is -0.691. The number of hydrogen-bond acceptors (Lipinski definition) is 7. The van der Waals surface area contributed by atoms with Gasteiger partial charge in [-0.2, -0.15) is 10.4 Å². The lowest BCUT2D eigenvalue weighted by molar-refractivity contribution is -0.119. The van der Waals surface area contributed by atoms with Gasteiger partial charge in [0, 0.05) is 30.3 Å². The van der Waals surface area contributed by atoms with Crippen LogP contribution in [0, 0.1) is 11.3 Å². The number of rotatable bonds is 8. The largest absolute Gasteiger partial charge is 0.385 e. The van der Waals surface area contributed by atoms with Crippen LogP contribution in [0.3, 0.4) is 0 Å². The molecular formula is C29H28FN7O3. The van der Waals surface area contributed by atoms with Gasteiger partial charge < -0.3 is 21.1 Å². The predicted octanol–water partition coefficient (Wildman–Crippen LogP) is 3.50. The molecule has 4 heterocycles. The summed E-state index contributed by atoms with van der Waals surface area (Å²) >= 11 is 0. The maximum Gasteiger partial charge on any atom is 0.253 e. The van der Waals surface area contributed by atoms with Gasteiger partial charge in [0.2, 0.25) is 5.91 Å². The molecule has 3 atom stereocenters. The number of nitriles is 1. The Bertz CT molecular complexity index is 1640. The number of halogens is 1. The van der Waals surface area contributed by atoms with Crippen LogP contribution in [0.5, 0.6) is 0 Å². The molecule has 0 spiro atoms. The first-order valence-corrected chi connectivity index (χ1v) is 12.7. The second-order valence-electron chi connectivity index (χ2n) is 10.6. The molecule has 0 unspecified atom stereocenters. The normalized spacial score (nSPS) is 16.8. The number of hydrogen-bond donors (Lipinski definition) is 4.